The number of hydrogen-bond donors (Lipinski definition) is 4. The molecule has 72 valence electrons. The normalized spacial score (nSPS) is 10.1. The van der Waals surface area contributed by atoms with Crippen molar-refractivity contribution in [2.75, 3.05) is 10.9 Å². The summed E-state index contributed by atoms with van der Waals surface area (Å²) < 4.78 is 0. The maximum absolute atomic E-state index is 5.41. The molecule has 0 amide bonds. The van der Waals surface area contributed by atoms with Gasteiger partial charge in [-0.05, 0) is 23.6 Å². The first kappa shape index (κ1) is 8.80. The van der Waals surface area contributed by atoms with Crippen LogP contribution in [0.15, 0.2) is 36.4 Å². The molecule has 0 aliphatic heterocycles. The van der Waals surface area contributed by atoms with Crippen LogP contribution in [0.5, 0.6) is 0 Å². The van der Waals surface area contributed by atoms with Crippen LogP contribution in [-0.4, -0.2) is 0 Å². The lowest BCUT2D eigenvalue weighted by atomic mass is 10.1. The largest absolute Gasteiger partial charge is 0.324 e. The topological polar surface area (TPSA) is 76.1 Å². The van der Waals surface area contributed by atoms with Crippen LogP contribution in [0.1, 0.15) is 0 Å². The van der Waals surface area contributed by atoms with Crippen LogP contribution < -0.4 is 22.5 Å². The highest BCUT2D eigenvalue weighted by molar-refractivity contribution is 5.95. The maximum Gasteiger partial charge on any atom is 0.0564 e. The summed E-state index contributed by atoms with van der Waals surface area (Å²) in [5, 5.41) is 2.17. The molecule has 0 unspecified atom stereocenters. The minimum Gasteiger partial charge on any atom is -0.324 e. The molecule has 0 radical (unpaired) electrons. The highest BCUT2D eigenvalue weighted by atomic mass is 15.2. The van der Waals surface area contributed by atoms with Crippen LogP contribution in [0.25, 0.3) is 10.8 Å². The van der Waals surface area contributed by atoms with E-state index in [1.165, 1.54) is 0 Å². The summed E-state index contributed by atoms with van der Waals surface area (Å²) in [4.78, 5) is 0. The van der Waals surface area contributed by atoms with Gasteiger partial charge in [0.25, 0.3) is 0 Å². The number of nitrogens with two attached hydrogens (primary N) is 2. The zero-order valence-electron chi connectivity index (χ0n) is 7.62. The van der Waals surface area contributed by atoms with E-state index in [1.54, 1.807) is 0 Å². The molecule has 14 heavy (non-hydrogen) atoms. The molecule has 6 N–H and O–H groups in total. The van der Waals surface area contributed by atoms with Crippen molar-refractivity contribution in [1.29, 1.82) is 0 Å². The SMILES string of the molecule is NNc1ccc2cccc(NN)c2c1. The van der Waals surface area contributed by atoms with E-state index in [-0.39, 0.29) is 0 Å². The molecule has 0 aromatic heterocycles. The Labute approximate surface area is 81.8 Å². The molecule has 0 heterocycles. The molecule has 0 atom stereocenters. The highest BCUT2D eigenvalue weighted by Crippen LogP contribution is 2.25. The van der Waals surface area contributed by atoms with Crippen molar-refractivity contribution in [1.82, 2.24) is 0 Å². The van der Waals surface area contributed by atoms with E-state index in [1.807, 2.05) is 36.4 Å². The fourth-order valence-electron chi connectivity index (χ4n) is 1.49. The van der Waals surface area contributed by atoms with Crippen molar-refractivity contribution >= 4 is 22.1 Å². The zero-order valence-corrected chi connectivity index (χ0v) is 7.62. The van der Waals surface area contributed by atoms with E-state index in [0.717, 1.165) is 22.1 Å². The Morgan fingerprint density at radius 1 is 0.929 bits per heavy atom. The first-order chi connectivity index (χ1) is 6.85. The molecule has 0 saturated heterocycles. The second-order valence-electron chi connectivity index (χ2n) is 3.03. The molecule has 2 aromatic rings. The lowest BCUT2D eigenvalue weighted by molar-refractivity contribution is 1.35. The Kier molecular flexibility index (Phi) is 2.22. The minimum atomic E-state index is 0.861. The number of benzene rings is 2. The Morgan fingerprint density at radius 2 is 1.79 bits per heavy atom. The molecular formula is C10H12N4. The fourth-order valence-corrected chi connectivity index (χ4v) is 1.49. The summed E-state index contributed by atoms with van der Waals surface area (Å²) in [6, 6.07) is 11.8. The quantitative estimate of drug-likeness (QED) is 0.424. The minimum absolute atomic E-state index is 0.861. The van der Waals surface area contributed by atoms with E-state index < -0.39 is 0 Å². The predicted octanol–water partition coefficient (Wildman–Crippen LogP) is 1.41. The van der Waals surface area contributed by atoms with E-state index >= 15 is 0 Å². The average molecular weight is 188 g/mol. The number of hydrazine groups is 2. The number of hydrogen-bond acceptors (Lipinski definition) is 4. The van der Waals surface area contributed by atoms with Gasteiger partial charge >= 0.3 is 0 Å². The van der Waals surface area contributed by atoms with Crippen LogP contribution in [0, 0.1) is 0 Å². The lowest BCUT2D eigenvalue weighted by Crippen LogP contribution is -2.08. The number of nitrogens with one attached hydrogen (secondary N) is 2. The van der Waals surface area contributed by atoms with E-state index in [4.69, 9.17) is 11.7 Å². The summed E-state index contributed by atoms with van der Waals surface area (Å²) in [5.74, 6) is 10.7. The number of anilines is 2. The second kappa shape index (κ2) is 3.53. The van der Waals surface area contributed by atoms with E-state index in [0.29, 0.717) is 0 Å². The number of rotatable bonds is 2. The maximum atomic E-state index is 5.41. The van der Waals surface area contributed by atoms with Crippen LogP contribution >= 0.6 is 0 Å². The molecule has 0 aliphatic rings. The Hall–Kier alpha value is -1.78. The van der Waals surface area contributed by atoms with Gasteiger partial charge in [-0.2, -0.15) is 0 Å². The Morgan fingerprint density at radius 3 is 2.50 bits per heavy atom. The number of nitrogen functional groups attached to an aromatic ring is 2. The van der Waals surface area contributed by atoms with Gasteiger partial charge in [-0.1, -0.05) is 18.2 Å². The van der Waals surface area contributed by atoms with Gasteiger partial charge in [0.1, 0.15) is 0 Å². The monoisotopic (exact) mass is 188 g/mol. The fraction of sp³-hybridized carbons (Fsp3) is 0. The van der Waals surface area contributed by atoms with Crippen molar-refractivity contribution < 1.29 is 0 Å². The van der Waals surface area contributed by atoms with Crippen molar-refractivity contribution in [3.63, 3.8) is 0 Å². The van der Waals surface area contributed by atoms with Gasteiger partial charge in [-0.15, -0.1) is 0 Å². The Balaban J connectivity index is 2.70. The summed E-state index contributed by atoms with van der Waals surface area (Å²) in [6.45, 7) is 0. The summed E-state index contributed by atoms with van der Waals surface area (Å²) in [7, 11) is 0. The van der Waals surface area contributed by atoms with Gasteiger partial charge in [0.05, 0.1) is 5.69 Å². The third kappa shape index (κ3) is 1.37. The van der Waals surface area contributed by atoms with Gasteiger partial charge in [-0.3, -0.25) is 11.7 Å². The van der Waals surface area contributed by atoms with Gasteiger partial charge in [-0.25, -0.2) is 0 Å². The lowest BCUT2D eigenvalue weighted by Gasteiger charge is -2.07. The standard InChI is InChI=1S/C10H12N4/c11-13-8-5-4-7-2-1-3-10(14-12)9(7)6-8/h1-6,13-14H,11-12H2. The molecule has 2 rings (SSSR count). The molecule has 0 saturated carbocycles. The van der Waals surface area contributed by atoms with E-state index in [2.05, 4.69) is 10.9 Å². The molecule has 2 aromatic carbocycles. The molecule has 0 spiro atoms. The van der Waals surface area contributed by atoms with Crippen LogP contribution in [0.4, 0.5) is 11.4 Å². The molecule has 0 aliphatic carbocycles. The van der Waals surface area contributed by atoms with Crippen molar-refractivity contribution in [2.45, 2.75) is 0 Å². The van der Waals surface area contributed by atoms with Crippen molar-refractivity contribution in [3.8, 4) is 0 Å². The smallest absolute Gasteiger partial charge is 0.0564 e. The molecule has 4 nitrogen and oxygen atoms in total. The molecule has 0 fully saturated rings. The van der Waals surface area contributed by atoms with Crippen LogP contribution in [-0.2, 0) is 0 Å². The first-order valence-corrected chi connectivity index (χ1v) is 4.31. The second-order valence-corrected chi connectivity index (χ2v) is 3.03. The number of fused-ring (bicyclic) bond motifs is 1. The van der Waals surface area contributed by atoms with Gasteiger partial charge < -0.3 is 10.9 Å². The van der Waals surface area contributed by atoms with Crippen LogP contribution in [0.2, 0.25) is 0 Å². The zero-order chi connectivity index (χ0) is 9.97. The third-order valence-electron chi connectivity index (χ3n) is 2.20. The summed E-state index contributed by atoms with van der Waals surface area (Å²) >= 11 is 0. The molecule has 4 heteroatoms. The molecular weight excluding hydrogens is 176 g/mol. The van der Waals surface area contributed by atoms with Crippen molar-refractivity contribution in [3.05, 3.63) is 36.4 Å². The average Bonchev–Trinajstić information content (AvgIpc) is 2.27. The van der Waals surface area contributed by atoms with Gasteiger partial charge in [0.2, 0.25) is 0 Å². The Bertz CT molecular complexity index is 453. The van der Waals surface area contributed by atoms with Gasteiger partial charge in [0.15, 0.2) is 0 Å². The van der Waals surface area contributed by atoms with Crippen molar-refractivity contribution in [2.24, 2.45) is 11.7 Å². The summed E-state index contributed by atoms with van der Waals surface area (Å²) in [5.41, 5.74) is 7.00. The summed E-state index contributed by atoms with van der Waals surface area (Å²) in [6.07, 6.45) is 0. The molecule has 0 bridgehead atoms. The predicted molar refractivity (Wildman–Crippen MR) is 59.6 cm³/mol. The van der Waals surface area contributed by atoms with E-state index in [9.17, 15) is 0 Å². The first-order valence-electron chi connectivity index (χ1n) is 4.31. The third-order valence-corrected chi connectivity index (χ3v) is 2.20. The van der Waals surface area contributed by atoms with Crippen LogP contribution in [0.3, 0.4) is 0 Å². The highest BCUT2D eigenvalue weighted by Gasteiger charge is 1.99. The van der Waals surface area contributed by atoms with Gasteiger partial charge in [0, 0.05) is 11.1 Å².